The van der Waals surface area contributed by atoms with Crippen molar-refractivity contribution in [2.45, 2.75) is 13.3 Å². The van der Waals surface area contributed by atoms with Crippen molar-refractivity contribution in [3.05, 3.63) is 47.7 Å². The van der Waals surface area contributed by atoms with E-state index in [9.17, 15) is 4.79 Å². The van der Waals surface area contributed by atoms with E-state index in [0.29, 0.717) is 12.1 Å². The molecule has 0 saturated carbocycles. The van der Waals surface area contributed by atoms with E-state index in [2.05, 4.69) is 0 Å². The molecule has 0 heterocycles. The lowest BCUT2D eigenvalue weighted by molar-refractivity contribution is -0.112. The summed E-state index contributed by atoms with van der Waals surface area (Å²) in [6, 6.07) is 9.84. The predicted octanol–water partition coefficient (Wildman–Crippen LogP) is 1.66. The van der Waals surface area contributed by atoms with Crippen LogP contribution in [0.4, 0.5) is 0 Å². The molecule has 0 fully saturated rings. The third-order valence-electron chi connectivity index (χ3n) is 1.64. The van der Waals surface area contributed by atoms with Crippen LogP contribution in [0.5, 0.6) is 0 Å². The van der Waals surface area contributed by atoms with Crippen LogP contribution in [0.1, 0.15) is 12.5 Å². The smallest absolute Gasteiger partial charge is 0.154 e. The summed E-state index contributed by atoms with van der Waals surface area (Å²) in [6.07, 6.45) is 2.10. The zero-order valence-corrected chi connectivity index (χ0v) is 7.66. The standard InChI is InChI=1S/C11H13NO/c1-9(13)7-11(12)8-10-5-3-2-4-6-10/h2-7H,8,12H2,1H3/b11-7-. The monoisotopic (exact) mass is 175 g/mol. The Bertz CT molecular complexity index is 314. The number of nitrogens with two attached hydrogens (primary N) is 1. The van der Waals surface area contributed by atoms with Crippen LogP contribution in [0.3, 0.4) is 0 Å². The van der Waals surface area contributed by atoms with Crippen LogP contribution in [0.25, 0.3) is 0 Å². The number of carbonyl (C=O) groups is 1. The summed E-state index contributed by atoms with van der Waals surface area (Å²) in [4.78, 5) is 10.7. The fourth-order valence-electron chi connectivity index (χ4n) is 1.14. The molecule has 2 N–H and O–H groups in total. The minimum absolute atomic E-state index is 0.00608. The molecule has 2 heteroatoms. The van der Waals surface area contributed by atoms with Gasteiger partial charge in [-0.25, -0.2) is 0 Å². The van der Waals surface area contributed by atoms with Gasteiger partial charge in [-0.3, -0.25) is 4.79 Å². The van der Waals surface area contributed by atoms with Gasteiger partial charge in [0.1, 0.15) is 0 Å². The second-order valence-electron chi connectivity index (χ2n) is 2.99. The highest BCUT2D eigenvalue weighted by Gasteiger charge is 1.95. The minimum Gasteiger partial charge on any atom is -0.402 e. The van der Waals surface area contributed by atoms with E-state index in [-0.39, 0.29) is 5.78 Å². The van der Waals surface area contributed by atoms with E-state index >= 15 is 0 Å². The highest BCUT2D eigenvalue weighted by atomic mass is 16.1. The maximum atomic E-state index is 10.7. The van der Waals surface area contributed by atoms with Gasteiger partial charge < -0.3 is 5.73 Å². The molecule has 0 aliphatic rings. The van der Waals surface area contributed by atoms with Gasteiger partial charge in [0.2, 0.25) is 0 Å². The first-order valence-corrected chi connectivity index (χ1v) is 4.19. The molecule has 1 aromatic rings. The third kappa shape index (κ3) is 3.56. The van der Waals surface area contributed by atoms with Crippen LogP contribution in [0.2, 0.25) is 0 Å². The van der Waals surface area contributed by atoms with E-state index in [1.807, 2.05) is 30.3 Å². The van der Waals surface area contributed by atoms with Gasteiger partial charge in [-0.2, -0.15) is 0 Å². The van der Waals surface area contributed by atoms with Crippen molar-refractivity contribution in [1.29, 1.82) is 0 Å². The Morgan fingerprint density at radius 2 is 2.00 bits per heavy atom. The lowest BCUT2D eigenvalue weighted by Crippen LogP contribution is -2.03. The fourth-order valence-corrected chi connectivity index (χ4v) is 1.14. The van der Waals surface area contributed by atoms with Crippen molar-refractivity contribution in [3.63, 3.8) is 0 Å². The van der Waals surface area contributed by atoms with Crippen molar-refractivity contribution >= 4 is 5.78 Å². The van der Waals surface area contributed by atoms with E-state index in [4.69, 9.17) is 5.73 Å². The van der Waals surface area contributed by atoms with Gasteiger partial charge in [-0.05, 0) is 18.6 Å². The van der Waals surface area contributed by atoms with E-state index in [0.717, 1.165) is 5.56 Å². The largest absolute Gasteiger partial charge is 0.402 e. The Labute approximate surface area is 78.1 Å². The maximum Gasteiger partial charge on any atom is 0.154 e. The molecule has 0 aromatic heterocycles. The van der Waals surface area contributed by atoms with Gasteiger partial charge in [0.25, 0.3) is 0 Å². The summed E-state index contributed by atoms with van der Waals surface area (Å²) < 4.78 is 0. The zero-order valence-electron chi connectivity index (χ0n) is 7.66. The number of ketones is 1. The van der Waals surface area contributed by atoms with E-state index in [1.54, 1.807) is 0 Å². The van der Waals surface area contributed by atoms with Gasteiger partial charge in [-0.1, -0.05) is 30.3 Å². The summed E-state index contributed by atoms with van der Waals surface area (Å²) in [7, 11) is 0. The molecule has 0 radical (unpaired) electrons. The van der Waals surface area contributed by atoms with Crippen molar-refractivity contribution in [2.75, 3.05) is 0 Å². The molecule has 0 amide bonds. The predicted molar refractivity (Wildman–Crippen MR) is 53.1 cm³/mol. The first kappa shape index (κ1) is 9.52. The molecule has 1 rings (SSSR count). The minimum atomic E-state index is -0.00608. The zero-order chi connectivity index (χ0) is 9.68. The van der Waals surface area contributed by atoms with Gasteiger partial charge in [-0.15, -0.1) is 0 Å². The Hall–Kier alpha value is -1.57. The second-order valence-corrected chi connectivity index (χ2v) is 2.99. The molecule has 0 atom stereocenters. The van der Waals surface area contributed by atoms with Crippen LogP contribution < -0.4 is 5.73 Å². The van der Waals surface area contributed by atoms with Gasteiger partial charge in [0.15, 0.2) is 5.78 Å². The number of hydrogen-bond donors (Lipinski definition) is 1. The molecule has 13 heavy (non-hydrogen) atoms. The Balaban J connectivity index is 2.65. The van der Waals surface area contributed by atoms with Gasteiger partial charge >= 0.3 is 0 Å². The molecule has 0 saturated heterocycles. The summed E-state index contributed by atoms with van der Waals surface area (Å²) in [5, 5.41) is 0. The number of carbonyl (C=O) groups excluding carboxylic acids is 1. The fraction of sp³-hybridized carbons (Fsp3) is 0.182. The molecule has 2 nitrogen and oxygen atoms in total. The highest BCUT2D eigenvalue weighted by Crippen LogP contribution is 2.03. The van der Waals surface area contributed by atoms with Crippen LogP contribution in [0.15, 0.2) is 42.1 Å². The van der Waals surface area contributed by atoms with E-state index in [1.165, 1.54) is 13.0 Å². The normalized spacial score (nSPS) is 11.3. The summed E-state index contributed by atoms with van der Waals surface area (Å²) in [5.74, 6) is -0.00608. The highest BCUT2D eigenvalue weighted by molar-refractivity contribution is 5.87. The molecule has 1 aromatic carbocycles. The molecule has 68 valence electrons. The van der Waals surface area contributed by atoms with Crippen LogP contribution in [0, 0.1) is 0 Å². The number of allylic oxidation sites excluding steroid dienone is 2. The third-order valence-corrected chi connectivity index (χ3v) is 1.64. The molecule has 0 unspecified atom stereocenters. The van der Waals surface area contributed by atoms with Gasteiger partial charge in [0.05, 0.1) is 0 Å². The Morgan fingerprint density at radius 3 is 2.54 bits per heavy atom. The second kappa shape index (κ2) is 4.45. The van der Waals surface area contributed by atoms with Crippen molar-refractivity contribution < 1.29 is 4.79 Å². The lowest BCUT2D eigenvalue weighted by atomic mass is 10.1. The Morgan fingerprint density at radius 1 is 1.38 bits per heavy atom. The van der Waals surface area contributed by atoms with Gasteiger partial charge in [0, 0.05) is 12.1 Å². The van der Waals surface area contributed by atoms with Crippen molar-refractivity contribution in [1.82, 2.24) is 0 Å². The Kier molecular flexibility index (Phi) is 3.26. The first-order chi connectivity index (χ1) is 6.18. The number of rotatable bonds is 3. The average Bonchev–Trinajstić information content (AvgIpc) is 2.04. The lowest BCUT2D eigenvalue weighted by Gasteiger charge is -2.00. The number of hydrogen-bond acceptors (Lipinski definition) is 2. The average molecular weight is 175 g/mol. The number of benzene rings is 1. The van der Waals surface area contributed by atoms with Crippen LogP contribution >= 0.6 is 0 Å². The summed E-state index contributed by atoms with van der Waals surface area (Å²) in [5.41, 5.74) is 7.38. The van der Waals surface area contributed by atoms with Crippen molar-refractivity contribution in [3.8, 4) is 0 Å². The van der Waals surface area contributed by atoms with Crippen LogP contribution in [-0.4, -0.2) is 5.78 Å². The molecule has 0 spiro atoms. The summed E-state index contributed by atoms with van der Waals surface area (Å²) >= 11 is 0. The van der Waals surface area contributed by atoms with E-state index < -0.39 is 0 Å². The first-order valence-electron chi connectivity index (χ1n) is 4.19. The summed E-state index contributed by atoms with van der Waals surface area (Å²) in [6.45, 7) is 1.50. The molecular weight excluding hydrogens is 162 g/mol. The quantitative estimate of drug-likeness (QED) is 0.710. The topological polar surface area (TPSA) is 43.1 Å². The maximum absolute atomic E-state index is 10.7. The van der Waals surface area contributed by atoms with Crippen LogP contribution in [-0.2, 0) is 11.2 Å². The van der Waals surface area contributed by atoms with Crippen molar-refractivity contribution in [2.24, 2.45) is 5.73 Å². The molecule has 0 bridgehead atoms. The molecular formula is C11H13NO. The molecule has 0 aliphatic carbocycles. The SMILES string of the molecule is CC(=O)/C=C(\N)Cc1ccccc1. The molecule has 0 aliphatic heterocycles.